The summed E-state index contributed by atoms with van der Waals surface area (Å²) in [7, 11) is 0. The molecule has 3 nitrogen and oxygen atoms in total. The molecule has 0 aliphatic carbocycles. The number of halogens is 2. The summed E-state index contributed by atoms with van der Waals surface area (Å²) in [6.07, 6.45) is 3.00. The van der Waals surface area contributed by atoms with E-state index in [1.807, 2.05) is 0 Å². The topological polar surface area (TPSA) is 29.0 Å². The van der Waals surface area contributed by atoms with Gasteiger partial charge in [-0.2, -0.15) is 16.7 Å². The van der Waals surface area contributed by atoms with Crippen molar-refractivity contribution >= 4 is 45.1 Å². The lowest BCUT2D eigenvalue weighted by molar-refractivity contribution is 0.748. The maximum Gasteiger partial charge on any atom is 0.224 e. The molecule has 2 aliphatic heterocycles. The summed E-state index contributed by atoms with van der Waals surface area (Å²) >= 11 is 11.4. The third kappa shape index (κ3) is 1.74. The number of nitrogens with zero attached hydrogens (tertiary/aromatic N) is 3. The van der Waals surface area contributed by atoms with Crippen LogP contribution in [0.4, 0.5) is 5.82 Å². The highest BCUT2D eigenvalue weighted by molar-refractivity contribution is 9.10. The van der Waals surface area contributed by atoms with Crippen LogP contribution in [0, 0.1) is 0 Å². The average Bonchev–Trinajstić information content (AvgIpc) is 2.83. The molecule has 2 unspecified atom stereocenters. The zero-order valence-corrected chi connectivity index (χ0v) is 11.0. The lowest BCUT2D eigenvalue weighted by atomic mass is 10.2. The first-order chi connectivity index (χ1) is 7.24. The Morgan fingerprint density at radius 1 is 1.60 bits per heavy atom. The monoisotopic (exact) mass is 305 g/mol. The van der Waals surface area contributed by atoms with Crippen LogP contribution < -0.4 is 4.90 Å². The molecule has 1 aromatic heterocycles. The summed E-state index contributed by atoms with van der Waals surface area (Å²) in [4.78, 5) is 10.6. The Labute approximate surface area is 106 Å². The van der Waals surface area contributed by atoms with Crippen LogP contribution in [0.2, 0.25) is 5.28 Å². The van der Waals surface area contributed by atoms with Gasteiger partial charge in [0.1, 0.15) is 5.82 Å². The van der Waals surface area contributed by atoms with Crippen LogP contribution in [0.25, 0.3) is 0 Å². The fourth-order valence-electron chi connectivity index (χ4n) is 2.20. The van der Waals surface area contributed by atoms with E-state index in [-0.39, 0.29) is 0 Å². The molecule has 2 fully saturated rings. The van der Waals surface area contributed by atoms with Gasteiger partial charge in [-0.15, -0.1) is 0 Å². The predicted octanol–water partition coefficient (Wildman–Crippen LogP) is 2.59. The van der Waals surface area contributed by atoms with Gasteiger partial charge in [-0.05, 0) is 34.0 Å². The number of rotatable bonds is 1. The van der Waals surface area contributed by atoms with Crippen molar-refractivity contribution in [2.24, 2.45) is 0 Å². The van der Waals surface area contributed by atoms with Crippen LogP contribution in [-0.4, -0.2) is 33.6 Å². The first kappa shape index (κ1) is 10.2. The van der Waals surface area contributed by atoms with Crippen LogP contribution in [0.5, 0.6) is 0 Å². The quantitative estimate of drug-likeness (QED) is 0.746. The van der Waals surface area contributed by atoms with E-state index in [9.17, 15) is 0 Å². The van der Waals surface area contributed by atoms with Gasteiger partial charge in [0.25, 0.3) is 0 Å². The minimum absolute atomic E-state index is 0.323. The van der Waals surface area contributed by atoms with Crippen molar-refractivity contribution in [3.05, 3.63) is 16.0 Å². The number of hydrogen-bond acceptors (Lipinski definition) is 4. The smallest absolute Gasteiger partial charge is 0.224 e. The van der Waals surface area contributed by atoms with Crippen LogP contribution in [0.3, 0.4) is 0 Å². The lowest BCUT2D eigenvalue weighted by Crippen LogP contribution is -2.34. The number of anilines is 1. The van der Waals surface area contributed by atoms with E-state index >= 15 is 0 Å². The van der Waals surface area contributed by atoms with E-state index in [0.717, 1.165) is 22.1 Å². The van der Waals surface area contributed by atoms with E-state index in [0.29, 0.717) is 11.3 Å². The van der Waals surface area contributed by atoms with Gasteiger partial charge in [0.05, 0.1) is 4.47 Å². The molecule has 1 aromatic rings. The van der Waals surface area contributed by atoms with Crippen molar-refractivity contribution in [1.82, 2.24) is 9.97 Å². The molecular formula is C9H9BrClN3S. The van der Waals surface area contributed by atoms with Crippen molar-refractivity contribution in [1.29, 1.82) is 0 Å². The van der Waals surface area contributed by atoms with E-state index in [2.05, 4.69) is 42.6 Å². The Kier molecular flexibility index (Phi) is 2.57. The molecule has 0 aromatic carbocycles. The third-order valence-electron chi connectivity index (χ3n) is 2.87. The van der Waals surface area contributed by atoms with Crippen LogP contribution in [0.1, 0.15) is 6.42 Å². The summed E-state index contributed by atoms with van der Waals surface area (Å²) in [5.74, 6) is 2.15. The van der Waals surface area contributed by atoms with Gasteiger partial charge in [0.2, 0.25) is 5.28 Å². The normalized spacial score (nSPS) is 28.8. The number of fused-ring (bicyclic) bond motifs is 2. The second kappa shape index (κ2) is 3.79. The maximum absolute atomic E-state index is 5.82. The molecule has 2 bridgehead atoms. The number of thioether (sulfide) groups is 1. The lowest BCUT2D eigenvalue weighted by Gasteiger charge is -2.28. The molecule has 2 atom stereocenters. The molecule has 0 amide bonds. The van der Waals surface area contributed by atoms with E-state index in [1.165, 1.54) is 12.2 Å². The SMILES string of the molecule is Clc1ncc(Br)c(N2CC3CC2CS3)n1. The summed E-state index contributed by atoms with van der Waals surface area (Å²) in [5, 5.41) is 1.10. The van der Waals surface area contributed by atoms with Gasteiger partial charge < -0.3 is 4.90 Å². The molecule has 15 heavy (non-hydrogen) atoms. The van der Waals surface area contributed by atoms with Crippen molar-refractivity contribution in [3.63, 3.8) is 0 Å². The molecule has 0 saturated carbocycles. The van der Waals surface area contributed by atoms with Crippen LogP contribution in [-0.2, 0) is 0 Å². The van der Waals surface area contributed by atoms with E-state index in [4.69, 9.17) is 11.6 Å². The van der Waals surface area contributed by atoms with Gasteiger partial charge in [0, 0.05) is 29.8 Å². The summed E-state index contributed by atoms with van der Waals surface area (Å²) in [5.41, 5.74) is 0. The standard InChI is InChI=1S/C9H9BrClN3S/c10-7-2-12-9(11)13-8(7)14-3-6-1-5(14)4-15-6/h2,5-6H,1,3-4H2. The first-order valence-corrected chi connectivity index (χ1v) is 7.02. The maximum atomic E-state index is 5.82. The molecule has 2 saturated heterocycles. The van der Waals surface area contributed by atoms with Gasteiger partial charge in [-0.3, -0.25) is 0 Å². The minimum atomic E-state index is 0.323. The highest BCUT2D eigenvalue weighted by Crippen LogP contribution is 2.41. The summed E-state index contributed by atoms with van der Waals surface area (Å²) in [6.45, 7) is 1.08. The van der Waals surface area contributed by atoms with Crippen molar-refractivity contribution in [2.75, 3.05) is 17.2 Å². The Hall–Kier alpha value is -0.000000000000000111. The molecule has 3 heterocycles. The zero-order valence-electron chi connectivity index (χ0n) is 7.86. The Bertz CT molecular complexity index is 403. The summed E-state index contributed by atoms with van der Waals surface area (Å²) in [6, 6.07) is 0.627. The molecule has 6 heteroatoms. The first-order valence-electron chi connectivity index (χ1n) is 4.80. The van der Waals surface area contributed by atoms with Crippen molar-refractivity contribution < 1.29 is 0 Å². The largest absolute Gasteiger partial charge is 0.351 e. The molecule has 2 aliphatic rings. The fraction of sp³-hybridized carbons (Fsp3) is 0.556. The minimum Gasteiger partial charge on any atom is -0.351 e. The molecular weight excluding hydrogens is 298 g/mol. The highest BCUT2D eigenvalue weighted by Gasteiger charge is 2.39. The van der Waals surface area contributed by atoms with Crippen LogP contribution >= 0.6 is 39.3 Å². The fourth-order valence-corrected chi connectivity index (χ4v) is 4.18. The molecule has 0 N–H and O–H groups in total. The van der Waals surface area contributed by atoms with E-state index in [1.54, 1.807) is 6.20 Å². The number of aromatic nitrogens is 2. The second-order valence-electron chi connectivity index (χ2n) is 3.81. The average molecular weight is 307 g/mol. The summed E-state index contributed by atoms with van der Waals surface area (Å²) < 4.78 is 0.935. The molecule has 3 rings (SSSR count). The van der Waals surface area contributed by atoms with Gasteiger partial charge in [-0.1, -0.05) is 0 Å². The Balaban J connectivity index is 1.96. The van der Waals surface area contributed by atoms with Crippen molar-refractivity contribution in [3.8, 4) is 0 Å². The molecule has 0 spiro atoms. The Morgan fingerprint density at radius 2 is 2.47 bits per heavy atom. The molecule has 0 radical (unpaired) electrons. The van der Waals surface area contributed by atoms with Crippen LogP contribution in [0.15, 0.2) is 10.7 Å². The van der Waals surface area contributed by atoms with E-state index < -0.39 is 0 Å². The van der Waals surface area contributed by atoms with Gasteiger partial charge >= 0.3 is 0 Å². The Morgan fingerprint density at radius 3 is 3.13 bits per heavy atom. The zero-order chi connectivity index (χ0) is 10.4. The van der Waals surface area contributed by atoms with Crippen molar-refractivity contribution in [2.45, 2.75) is 17.7 Å². The highest BCUT2D eigenvalue weighted by atomic mass is 79.9. The second-order valence-corrected chi connectivity index (χ2v) is 6.33. The predicted molar refractivity (Wildman–Crippen MR) is 66.7 cm³/mol. The third-order valence-corrected chi connectivity index (χ3v) is 5.00. The van der Waals surface area contributed by atoms with Gasteiger partial charge in [0.15, 0.2) is 0 Å². The van der Waals surface area contributed by atoms with Gasteiger partial charge in [-0.25, -0.2) is 4.98 Å². The number of hydrogen-bond donors (Lipinski definition) is 0. The molecule has 80 valence electrons.